The van der Waals surface area contributed by atoms with Crippen LogP contribution in [0.4, 0.5) is 4.79 Å². The van der Waals surface area contributed by atoms with E-state index < -0.39 is 0 Å². The van der Waals surface area contributed by atoms with Crippen molar-refractivity contribution in [3.05, 3.63) is 102 Å². The van der Waals surface area contributed by atoms with Gasteiger partial charge >= 0.3 is 6.03 Å². The molecule has 0 unspecified atom stereocenters. The number of hydrogen-bond acceptors (Lipinski definition) is 3. The summed E-state index contributed by atoms with van der Waals surface area (Å²) in [5, 5.41) is 2.85. The van der Waals surface area contributed by atoms with Crippen molar-refractivity contribution in [2.24, 2.45) is 0 Å². The molecular weight excluding hydrogens is 374 g/mol. The van der Waals surface area contributed by atoms with E-state index in [1.54, 1.807) is 0 Å². The molecule has 154 valence electrons. The van der Waals surface area contributed by atoms with Crippen molar-refractivity contribution >= 4 is 6.03 Å². The van der Waals surface area contributed by atoms with Crippen LogP contribution in [0.15, 0.2) is 91.0 Å². The van der Waals surface area contributed by atoms with Gasteiger partial charge in [-0.25, -0.2) is 4.79 Å². The summed E-state index contributed by atoms with van der Waals surface area (Å²) in [6.45, 7) is 3.18. The maximum absolute atomic E-state index is 12.5. The predicted molar refractivity (Wildman–Crippen MR) is 118 cm³/mol. The van der Waals surface area contributed by atoms with Gasteiger partial charge in [0.25, 0.3) is 0 Å². The van der Waals surface area contributed by atoms with Crippen molar-refractivity contribution < 1.29 is 9.53 Å². The first-order chi connectivity index (χ1) is 14.8. The molecule has 0 bridgehead atoms. The topological polar surface area (TPSA) is 44.8 Å². The molecule has 0 spiro atoms. The average molecular weight is 402 g/mol. The Bertz CT molecular complexity index is 871. The molecule has 0 radical (unpaired) electrons. The highest BCUT2D eigenvalue weighted by Crippen LogP contribution is 2.29. The lowest BCUT2D eigenvalue weighted by Crippen LogP contribution is -2.53. The smallest absolute Gasteiger partial charge is 0.320 e. The monoisotopic (exact) mass is 401 g/mol. The van der Waals surface area contributed by atoms with Crippen LogP contribution < -0.4 is 10.1 Å². The lowest BCUT2D eigenvalue weighted by molar-refractivity contribution is 0.116. The Morgan fingerprint density at radius 3 is 1.80 bits per heavy atom. The second-order valence-electron chi connectivity index (χ2n) is 7.33. The number of nitrogens with one attached hydrogen (secondary N) is 1. The molecule has 0 atom stereocenters. The first-order valence-corrected chi connectivity index (χ1v) is 10.4. The van der Waals surface area contributed by atoms with Gasteiger partial charge in [-0.15, -0.1) is 0 Å². The minimum Gasteiger partial charge on any atom is -0.473 e. The zero-order valence-corrected chi connectivity index (χ0v) is 17.0. The van der Waals surface area contributed by atoms with Gasteiger partial charge in [-0.3, -0.25) is 4.90 Å². The third-order valence-electron chi connectivity index (χ3n) is 5.40. The second kappa shape index (κ2) is 9.94. The van der Waals surface area contributed by atoms with Crippen molar-refractivity contribution in [3.8, 4) is 5.75 Å². The van der Waals surface area contributed by atoms with Crippen molar-refractivity contribution in [1.82, 2.24) is 15.1 Å². The summed E-state index contributed by atoms with van der Waals surface area (Å²) in [6, 6.07) is 30.8. The molecule has 1 aliphatic rings. The van der Waals surface area contributed by atoms with Crippen LogP contribution >= 0.6 is 0 Å². The first kappa shape index (κ1) is 20.0. The zero-order chi connectivity index (χ0) is 20.6. The molecule has 0 aromatic heterocycles. The molecule has 5 nitrogen and oxygen atoms in total. The number of benzene rings is 3. The number of ether oxygens (including phenoxy) is 1. The van der Waals surface area contributed by atoms with E-state index >= 15 is 0 Å². The van der Waals surface area contributed by atoms with Gasteiger partial charge in [-0.2, -0.15) is 0 Å². The van der Waals surface area contributed by atoms with Crippen molar-refractivity contribution in [2.75, 3.05) is 32.9 Å². The normalized spacial score (nSPS) is 14.5. The summed E-state index contributed by atoms with van der Waals surface area (Å²) in [4.78, 5) is 16.8. The van der Waals surface area contributed by atoms with Crippen LogP contribution in [0.3, 0.4) is 0 Å². The standard InChI is InChI=1S/C25H27N3O2/c29-25(26-20-30-23-14-8-3-9-15-23)28-18-16-27(17-19-28)24(21-10-4-1-5-11-21)22-12-6-2-7-13-22/h1-15,24H,16-20H2,(H,26,29). The maximum Gasteiger partial charge on any atom is 0.320 e. The van der Waals surface area contributed by atoms with Crippen molar-refractivity contribution in [3.63, 3.8) is 0 Å². The Morgan fingerprint density at radius 1 is 0.767 bits per heavy atom. The molecule has 1 N–H and O–H groups in total. The van der Waals surface area contributed by atoms with Gasteiger partial charge in [0.1, 0.15) is 5.75 Å². The number of hydrogen-bond donors (Lipinski definition) is 1. The van der Waals surface area contributed by atoms with Gasteiger partial charge in [0.05, 0.1) is 6.04 Å². The first-order valence-electron chi connectivity index (χ1n) is 10.4. The summed E-state index contributed by atoms with van der Waals surface area (Å²) in [5.74, 6) is 0.746. The highest BCUT2D eigenvalue weighted by Gasteiger charge is 2.28. The van der Waals surface area contributed by atoms with Crippen LogP contribution in [-0.4, -0.2) is 48.7 Å². The van der Waals surface area contributed by atoms with Gasteiger partial charge in [-0.1, -0.05) is 78.9 Å². The Hall–Kier alpha value is -3.31. The molecule has 3 aromatic carbocycles. The van der Waals surface area contributed by atoms with E-state index in [1.807, 2.05) is 47.4 Å². The summed E-state index contributed by atoms with van der Waals surface area (Å²) in [7, 11) is 0. The molecule has 0 aliphatic carbocycles. The molecule has 4 rings (SSSR count). The highest BCUT2D eigenvalue weighted by atomic mass is 16.5. The van der Waals surface area contributed by atoms with Crippen molar-refractivity contribution in [1.29, 1.82) is 0 Å². The van der Waals surface area contributed by atoms with Crippen LogP contribution in [0.25, 0.3) is 0 Å². The number of rotatable bonds is 6. The number of carbonyl (C=O) groups is 1. The third kappa shape index (κ3) is 4.99. The number of nitrogens with zero attached hydrogens (tertiary/aromatic N) is 2. The van der Waals surface area contributed by atoms with E-state index in [9.17, 15) is 4.79 Å². The number of carbonyl (C=O) groups excluding carboxylic acids is 1. The Morgan fingerprint density at radius 2 is 1.27 bits per heavy atom. The van der Waals surface area contributed by atoms with E-state index in [4.69, 9.17) is 4.74 Å². The van der Waals surface area contributed by atoms with E-state index in [1.165, 1.54) is 11.1 Å². The van der Waals surface area contributed by atoms with Gasteiger partial charge in [-0.05, 0) is 23.3 Å². The Kier molecular flexibility index (Phi) is 6.62. The quantitative estimate of drug-likeness (QED) is 0.632. The number of amides is 2. The third-order valence-corrected chi connectivity index (χ3v) is 5.40. The van der Waals surface area contributed by atoms with E-state index in [2.05, 4.69) is 58.7 Å². The zero-order valence-electron chi connectivity index (χ0n) is 17.0. The van der Waals surface area contributed by atoms with E-state index in [-0.39, 0.29) is 18.8 Å². The number of piperazine rings is 1. The highest BCUT2D eigenvalue weighted by molar-refractivity contribution is 5.74. The van der Waals surface area contributed by atoms with Gasteiger partial charge in [0.15, 0.2) is 6.73 Å². The minimum atomic E-state index is -0.0819. The van der Waals surface area contributed by atoms with Crippen LogP contribution in [0, 0.1) is 0 Å². The molecule has 1 saturated heterocycles. The largest absolute Gasteiger partial charge is 0.473 e. The maximum atomic E-state index is 12.5. The van der Waals surface area contributed by atoms with Crippen molar-refractivity contribution in [2.45, 2.75) is 6.04 Å². The minimum absolute atomic E-state index is 0.0819. The lowest BCUT2D eigenvalue weighted by atomic mass is 9.96. The van der Waals surface area contributed by atoms with Crippen LogP contribution in [0.2, 0.25) is 0 Å². The van der Waals surface area contributed by atoms with E-state index in [0.29, 0.717) is 13.1 Å². The molecule has 1 fully saturated rings. The fourth-order valence-electron chi connectivity index (χ4n) is 3.88. The molecule has 3 aromatic rings. The summed E-state index contributed by atoms with van der Waals surface area (Å²) >= 11 is 0. The number of para-hydroxylation sites is 1. The molecule has 1 heterocycles. The molecular formula is C25H27N3O2. The predicted octanol–water partition coefficient (Wildman–Crippen LogP) is 4.14. The van der Waals surface area contributed by atoms with Crippen LogP contribution in [0.5, 0.6) is 5.75 Å². The number of urea groups is 1. The molecule has 0 saturated carbocycles. The van der Waals surface area contributed by atoms with Gasteiger partial charge in [0, 0.05) is 26.2 Å². The SMILES string of the molecule is O=C(NCOc1ccccc1)N1CCN(C(c2ccccc2)c2ccccc2)CC1. The molecule has 2 amide bonds. The second-order valence-corrected chi connectivity index (χ2v) is 7.33. The summed E-state index contributed by atoms with van der Waals surface area (Å²) in [6.07, 6.45) is 0. The Balaban J connectivity index is 1.34. The molecule has 1 aliphatic heterocycles. The van der Waals surface area contributed by atoms with Gasteiger partial charge in [0.2, 0.25) is 0 Å². The fraction of sp³-hybridized carbons (Fsp3) is 0.240. The fourth-order valence-corrected chi connectivity index (χ4v) is 3.88. The molecule has 30 heavy (non-hydrogen) atoms. The van der Waals surface area contributed by atoms with Crippen LogP contribution in [-0.2, 0) is 0 Å². The van der Waals surface area contributed by atoms with Crippen LogP contribution in [0.1, 0.15) is 17.2 Å². The van der Waals surface area contributed by atoms with E-state index in [0.717, 1.165) is 18.8 Å². The molecule has 5 heteroatoms. The Labute approximate surface area is 177 Å². The summed E-state index contributed by atoms with van der Waals surface area (Å²) in [5.41, 5.74) is 2.55. The lowest BCUT2D eigenvalue weighted by Gasteiger charge is -2.39. The average Bonchev–Trinajstić information content (AvgIpc) is 2.82. The summed E-state index contributed by atoms with van der Waals surface area (Å²) < 4.78 is 5.57. The van der Waals surface area contributed by atoms with Gasteiger partial charge < -0.3 is 15.0 Å².